The Morgan fingerprint density at radius 2 is 1.77 bits per heavy atom. The van der Waals surface area contributed by atoms with Crippen LogP contribution in [0, 0.1) is 6.92 Å². The molecule has 0 unspecified atom stereocenters. The van der Waals surface area contributed by atoms with Crippen LogP contribution in [0.4, 0.5) is 5.82 Å². The van der Waals surface area contributed by atoms with E-state index in [1.807, 2.05) is 59.9 Å². The predicted octanol–water partition coefficient (Wildman–Crippen LogP) is 2.00. The van der Waals surface area contributed by atoms with Gasteiger partial charge in [-0.3, -0.25) is 18.9 Å². The molecular weight excluding hydrogens is 380 g/mol. The lowest BCUT2D eigenvalue weighted by Gasteiger charge is -2.33. The van der Waals surface area contributed by atoms with E-state index in [0.29, 0.717) is 24.4 Å². The van der Waals surface area contributed by atoms with Gasteiger partial charge in [-0.2, -0.15) is 0 Å². The summed E-state index contributed by atoms with van der Waals surface area (Å²) in [5.74, 6) is 0.0320. The third-order valence-electron chi connectivity index (χ3n) is 5.39. The van der Waals surface area contributed by atoms with Gasteiger partial charge in [-0.25, -0.2) is 4.98 Å². The first-order chi connectivity index (χ1) is 14.6. The van der Waals surface area contributed by atoms with Gasteiger partial charge in [0.2, 0.25) is 17.5 Å². The number of benzene rings is 2. The monoisotopic (exact) mass is 400 g/mol. The zero-order chi connectivity index (χ0) is 20.7. The smallest absolute Gasteiger partial charge is 0.248 e. The lowest BCUT2D eigenvalue weighted by molar-refractivity contribution is -0.145. The maximum absolute atomic E-state index is 12.8. The molecule has 8 nitrogen and oxygen atoms in total. The highest BCUT2D eigenvalue weighted by Gasteiger charge is 2.33. The zero-order valence-electron chi connectivity index (χ0n) is 16.5. The first kappa shape index (κ1) is 18.2. The van der Waals surface area contributed by atoms with Gasteiger partial charge >= 0.3 is 0 Å². The summed E-state index contributed by atoms with van der Waals surface area (Å²) < 4.78 is 1.85. The Morgan fingerprint density at radius 3 is 2.53 bits per heavy atom. The molecule has 0 N–H and O–H groups in total. The Balaban J connectivity index is 1.43. The number of rotatable bonds is 4. The highest BCUT2D eigenvalue weighted by molar-refractivity contribution is 6.03. The van der Waals surface area contributed by atoms with Gasteiger partial charge in [-0.15, -0.1) is 10.2 Å². The van der Waals surface area contributed by atoms with Gasteiger partial charge in [-0.1, -0.05) is 36.4 Å². The molecule has 0 aliphatic carbocycles. The fourth-order valence-electron chi connectivity index (χ4n) is 3.84. The van der Waals surface area contributed by atoms with Crippen molar-refractivity contribution in [2.45, 2.75) is 13.3 Å². The van der Waals surface area contributed by atoms with Crippen molar-refractivity contribution < 1.29 is 9.59 Å². The average Bonchev–Trinajstić information content (AvgIpc) is 3.23. The molecule has 8 heteroatoms. The van der Waals surface area contributed by atoms with E-state index in [1.165, 1.54) is 4.90 Å². The fraction of sp³-hybridized carbons (Fsp3) is 0.227. The van der Waals surface area contributed by atoms with Crippen LogP contribution >= 0.6 is 0 Å². The molecule has 2 aromatic carbocycles. The van der Waals surface area contributed by atoms with Crippen LogP contribution in [0.1, 0.15) is 11.1 Å². The van der Waals surface area contributed by atoms with E-state index >= 15 is 0 Å². The Morgan fingerprint density at radius 1 is 1.00 bits per heavy atom. The first-order valence-corrected chi connectivity index (χ1v) is 9.82. The minimum Gasteiger partial charge on any atom is -0.335 e. The van der Waals surface area contributed by atoms with Gasteiger partial charge in [-0.05, 0) is 36.6 Å². The molecule has 0 atom stereocenters. The Hall–Kier alpha value is -3.81. The van der Waals surface area contributed by atoms with Crippen molar-refractivity contribution in [3.63, 3.8) is 0 Å². The molecule has 0 bridgehead atoms. The molecule has 30 heavy (non-hydrogen) atoms. The van der Waals surface area contributed by atoms with Gasteiger partial charge in [0.1, 0.15) is 6.33 Å². The van der Waals surface area contributed by atoms with Crippen molar-refractivity contribution in [3.8, 4) is 0 Å². The van der Waals surface area contributed by atoms with Crippen LogP contribution in [0.5, 0.6) is 0 Å². The van der Waals surface area contributed by atoms with Crippen molar-refractivity contribution in [3.05, 3.63) is 66.0 Å². The molecule has 3 heterocycles. The van der Waals surface area contributed by atoms with Crippen molar-refractivity contribution in [2.75, 3.05) is 24.5 Å². The molecule has 0 spiro atoms. The number of nitrogens with zero attached hydrogens (tertiary/aromatic N) is 6. The lowest BCUT2D eigenvalue weighted by atomic mass is 10.1. The summed E-state index contributed by atoms with van der Waals surface area (Å²) in [6.07, 6.45) is 2.27. The molecule has 150 valence electrons. The summed E-state index contributed by atoms with van der Waals surface area (Å²) in [6.45, 7) is 2.54. The second kappa shape index (κ2) is 7.22. The van der Waals surface area contributed by atoms with E-state index in [0.717, 1.165) is 22.2 Å². The quantitative estimate of drug-likeness (QED) is 0.487. The molecular formula is C22H20N6O2. The van der Waals surface area contributed by atoms with Gasteiger partial charge in [0.15, 0.2) is 5.82 Å². The third-order valence-corrected chi connectivity index (χ3v) is 5.39. The Bertz CT molecular complexity index is 1250. The lowest BCUT2D eigenvalue weighted by Crippen LogP contribution is -2.54. The van der Waals surface area contributed by atoms with Crippen LogP contribution in [0.25, 0.3) is 16.7 Å². The summed E-state index contributed by atoms with van der Waals surface area (Å²) in [6, 6.07) is 15.8. The number of carbonyl (C=O) groups excluding carboxylic acids is 2. The number of hydrogen-bond donors (Lipinski definition) is 0. The minimum atomic E-state index is -0.231. The molecule has 1 aliphatic rings. The fourth-order valence-corrected chi connectivity index (χ4v) is 3.84. The van der Waals surface area contributed by atoms with E-state index in [9.17, 15) is 9.59 Å². The van der Waals surface area contributed by atoms with Crippen molar-refractivity contribution in [2.24, 2.45) is 0 Å². The summed E-state index contributed by atoms with van der Waals surface area (Å²) in [7, 11) is 0. The van der Waals surface area contributed by atoms with E-state index in [2.05, 4.69) is 10.2 Å². The van der Waals surface area contributed by atoms with Crippen molar-refractivity contribution in [1.29, 1.82) is 0 Å². The van der Waals surface area contributed by atoms with Gasteiger partial charge in [0.25, 0.3) is 0 Å². The molecule has 5 rings (SSSR count). The molecule has 1 fully saturated rings. The van der Waals surface area contributed by atoms with Crippen LogP contribution in [-0.4, -0.2) is 55.9 Å². The number of hydrogen-bond acceptors (Lipinski definition) is 6. The number of carbonyl (C=O) groups is 2. The van der Waals surface area contributed by atoms with Crippen LogP contribution in [0.2, 0.25) is 0 Å². The Labute approximate surface area is 172 Å². The van der Waals surface area contributed by atoms with Crippen LogP contribution < -0.4 is 4.90 Å². The maximum Gasteiger partial charge on any atom is 0.248 e. The van der Waals surface area contributed by atoms with Crippen LogP contribution in [0.15, 0.2) is 54.9 Å². The van der Waals surface area contributed by atoms with E-state index in [1.54, 1.807) is 11.2 Å². The molecule has 2 aromatic heterocycles. The topological polar surface area (TPSA) is 83.7 Å². The van der Waals surface area contributed by atoms with E-state index in [-0.39, 0.29) is 24.9 Å². The minimum absolute atomic E-state index is 0.0768. The highest BCUT2D eigenvalue weighted by Crippen LogP contribution is 2.25. The molecule has 0 radical (unpaired) electrons. The average molecular weight is 400 g/mol. The number of aryl methyl sites for hydroxylation is 1. The summed E-state index contributed by atoms with van der Waals surface area (Å²) in [5.41, 5.74) is 4.38. The Kier molecular flexibility index (Phi) is 4.39. The van der Waals surface area contributed by atoms with Crippen LogP contribution in [0.3, 0.4) is 0 Å². The number of anilines is 1. The summed E-state index contributed by atoms with van der Waals surface area (Å²) in [5, 5.41) is 8.21. The first-order valence-electron chi connectivity index (χ1n) is 9.82. The summed E-state index contributed by atoms with van der Waals surface area (Å²) >= 11 is 0. The number of fused-ring (bicyclic) bond motifs is 3. The largest absolute Gasteiger partial charge is 0.335 e. The van der Waals surface area contributed by atoms with Gasteiger partial charge < -0.3 is 4.90 Å². The SMILES string of the molecule is Cc1ccc2nc(N3CC(=O)N(CCc4ccccc4)C(=O)C3)c3nncn3c2c1. The number of amides is 2. The second-order valence-electron chi connectivity index (χ2n) is 7.48. The normalized spacial score (nSPS) is 14.8. The summed E-state index contributed by atoms with van der Waals surface area (Å²) in [4.78, 5) is 33.3. The third kappa shape index (κ3) is 3.16. The predicted molar refractivity (Wildman–Crippen MR) is 112 cm³/mol. The van der Waals surface area contributed by atoms with Gasteiger partial charge in [0.05, 0.1) is 24.1 Å². The van der Waals surface area contributed by atoms with Crippen molar-refractivity contribution >= 4 is 34.3 Å². The van der Waals surface area contributed by atoms with Crippen molar-refractivity contribution in [1.82, 2.24) is 24.5 Å². The molecule has 4 aromatic rings. The van der Waals surface area contributed by atoms with E-state index < -0.39 is 0 Å². The molecule has 2 amide bonds. The van der Waals surface area contributed by atoms with Crippen LogP contribution in [-0.2, 0) is 16.0 Å². The number of aromatic nitrogens is 4. The highest BCUT2D eigenvalue weighted by atomic mass is 16.2. The van der Waals surface area contributed by atoms with E-state index in [4.69, 9.17) is 4.98 Å². The standard InChI is InChI=1S/C22H20N6O2/c1-15-7-8-17-18(11-15)28-14-23-25-22(28)21(24-17)26-12-19(29)27(20(30)13-26)10-9-16-5-3-2-4-6-16/h2-8,11,14H,9-10,12-13H2,1H3. The van der Waals surface area contributed by atoms with Gasteiger partial charge in [0, 0.05) is 6.54 Å². The zero-order valence-corrected chi connectivity index (χ0v) is 16.5. The maximum atomic E-state index is 12.8. The molecule has 1 saturated heterocycles. The number of imide groups is 1. The molecule has 1 aliphatic heterocycles. The second-order valence-corrected chi connectivity index (χ2v) is 7.48. The molecule has 0 saturated carbocycles. The number of piperazine rings is 1.